The van der Waals surface area contributed by atoms with Gasteiger partial charge in [-0.15, -0.1) is 0 Å². The Morgan fingerprint density at radius 3 is 2.65 bits per heavy atom. The molecule has 0 saturated heterocycles. The Labute approximate surface area is 101 Å². The van der Waals surface area contributed by atoms with Crippen LogP contribution in [0.1, 0.15) is 26.7 Å². The Morgan fingerprint density at radius 1 is 1.47 bits per heavy atom. The molecular formula is C11H16FNO3S. The van der Waals surface area contributed by atoms with Gasteiger partial charge in [-0.2, -0.15) is 0 Å². The molecule has 0 aliphatic heterocycles. The summed E-state index contributed by atoms with van der Waals surface area (Å²) < 4.78 is 41.0. The van der Waals surface area contributed by atoms with Gasteiger partial charge in [-0.05, 0) is 31.5 Å². The normalized spacial score (nSPS) is 13.4. The Kier molecular flexibility index (Phi) is 4.47. The fourth-order valence-electron chi connectivity index (χ4n) is 1.48. The molecule has 96 valence electrons. The van der Waals surface area contributed by atoms with Crippen LogP contribution in [0.3, 0.4) is 0 Å². The molecule has 0 saturated carbocycles. The summed E-state index contributed by atoms with van der Waals surface area (Å²) in [5, 5.41) is 5.00. The maximum absolute atomic E-state index is 13.0. The van der Waals surface area contributed by atoms with Gasteiger partial charge in [0.05, 0.1) is 6.10 Å². The largest absolute Gasteiger partial charge is 0.489 e. The van der Waals surface area contributed by atoms with E-state index in [9.17, 15) is 12.8 Å². The summed E-state index contributed by atoms with van der Waals surface area (Å²) in [5.74, 6) is -0.570. The van der Waals surface area contributed by atoms with Crippen molar-refractivity contribution in [1.29, 1.82) is 0 Å². The van der Waals surface area contributed by atoms with E-state index in [-0.39, 0.29) is 16.7 Å². The van der Waals surface area contributed by atoms with Gasteiger partial charge < -0.3 is 4.74 Å². The second-order valence-corrected chi connectivity index (χ2v) is 5.38. The standard InChI is InChI=1S/C11H16FNO3S/c1-3-4-8(2)16-10-6-5-9(12)7-11(10)17(13,14)15/h5-8H,3-4H2,1-2H3,(H2,13,14,15). The van der Waals surface area contributed by atoms with E-state index in [1.165, 1.54) is 6.07 Å². The van der Waals surface area contributed by atoms with E-state index in [0.29, 0.717) is 0 Å². The van der Waals surface area contributed by atoms with Crippen LogP contribution in [0, 0.1) is 5.82 Å². The van der Waals surface area contributed by atoms with E-state index in [1.54, 1.807) is 0 Å². The van der Waals surface area contributed by atoms with Crippen LogP contribution in [-0.4, -0.2) is 14.5 Å². The van der Waals surface area contributed by atoms with Crippen LogP contribution >= 0.6 is 0 Å². The molecule has 2 N–H and O–H groups in total. The molecule has 0 amide bonds. The molecule has 6 heteroatoms. The third kappa shape index (κ3) is 3.98. The summed E-state index contributed by atoms with van der Waals surface area (Å²) in [4.78, 5) is -0.319. The highest BCUT2D eigenvalue weighted by Gasteiger charge is 2.17. The van der Waals surface area contributed by atoms with Gasteiger partial charge in [0.1, 0.15) is 16.5 Å². The number of primary sulfonamides is 1. The number of nitrogens with two attached hydrogens (primary N) is 1. The Hall–Kier alpha value is -1.14. The van der Waals surface area contributed by atoms with Crippen molar-refractivity contribution in [3.05, 3.63) is 24.0 Å². The van der Waals surface area contributed by atoms with Gasteiger partial charge in [0.2, 0.25) is 10.0 Å². The molecule has 0 spiro atoms. The number of sulfonamides is 1. The molecule has 0 radical (unpaired) electrons. The number of hydrogen-bond acceptors (Lipinski definition) is 3. The van der Waals surface area contributed by atoms with E-state index in [2.05, 4.69) is 0 Å². The van der Waals surface area contributed by atoms with Crippen molar-refractivity contribution in [2.45, 2.75) is 37.7 Å². The minimum absolute atomic E-state index is 0.0925. The lowest BCUT2D eigenvalue weighted by atomic mass is 10.2. The van der Waals surface area contributed by atoms with Gasteiger partial charge in [0.15, 0.2) is 0 Å². The first-order valence-electron chi connectivity index (χ1n) is 5.33. The Balaban J connectivity index is 3.07. The number of hydrogen-bond donors (Lipinski definition) is 1. The van der Waals surface area contributed by atoms with Crippen molar-refractivity contribution in [2.24, 2.45) is 5.14 Å². The van der Waals surface area contributed by atoms with Gasteiger partial charge in [-0.3, -0.25) is 0 Å². The van der Waals surface area contributed by atoms with Gasteiger partial charge in [-0.25, -0.2) is 17.9 Å². The van der Waals surface area contributed by atoms with Gasteiger partial charge in [-0.1, -0.05) is 13.3 Å². The zero-order valence-electron chi connectivity index (χ0n) is 9.81. The fourth-order valence-corrected chi connectivity index (χ4v) is 2.16. The van der Waals surface area contributed by atoms with Crippen LogP contribution in [0.4, 0.5) is 4.39 Å². The fraction of sp³-hybridized carbons (Fsp3) is 0.455. The molecule has 0 aromatic heterocycles. The van der Waals surface area contributed by atoms with Crippen molar-refractivity contribution in [3.63, 3.8) is 0 Å². The maximum atomic E-state index is 13.0. The molecule has 1 atom stereocenters. The first kappa shape index (κ1) is 13.9. The number of benzene rings is 1. The average molecular weight is 261 g/mol. The average Bonchev–Trinajstić information content (AvgIpc) is 2.19. The number of ether oxygens (including phenoxy) is 1. The first-order chi connectivity index (χ1) is 7.84. The van der Waals surface area contributed by atoms with Gasteiger partial charge in [0, 0.05) is 0 Å². The monoisotopic (exact) mass is 261 g/mol. The molecular weight excluding hydrogens is 245 g/mol. The molecule has 0 aliphatic rings. The zero-order valence-corrected chi connectivity index (χ0v) is 10.6. The smallest absolute Gasteiger partial charge is 0.241 e. The molecule has 1 aromatic rings. The third-order valence-electron chi connectivity index (χ3n) is 2.24. The molecule has 1 rings (SSSR count). The lowest BCUT2D eigenvalue weighted by Crippen LogP contribution is -2.17. The predicted molar refractivity (Wildman–Crippen MR) is 62.8 cm³/mol. The highest BCUT2D eigenvalue weighted by molar-refractivity contribution is 7.89. The number of rotatable bonds is 5. The van der Waals surface area contributed by atoms with E-state index in [1.807, 2.05) is 13.8 Å². The summed E-state index contributed by atoms with van der Waals surface area (Å²) in [6.07, 6.45) is 1.54. The van der Waals surface area contributed by atoms with E-state index < -0.39 is 15.8 Å². The summed E-state index contributed by atoms with van der Waals surface area (Å²) in [5.41, 5.74) is 0. The lowest BCUT2D eigenvalue weighted by molar-refractivity contribution is 0.204. The molecule has 0 aliphatic carbocycles. The van der Waals surface area contributed by atoms with Crippen molar-refractivity contribution in [2.75, 3.05) is 0 Å². The maximum Gasteiger partial charge on any atom is 0.241 e. The van der Waals surface area contributed by atoms with Crippen LogP contribution in [0.2, 0.25) is 0 Å². The Morgan fingerprint density at radius 2 is 2.12 bits per heavy atom. The van der Waals surface area contributed by atoms with E-state index in [4.69, 9.17) is 9.88 Å². The highest BCUT2D eigenvalue weighted by Crippen LogP contribution is 2.25. The number of halogens is 1. The lowest BCUT2D eigenvalue weighted by Gasteiger charge is -2.16. The topological polar surface area (TPSA) is 69.4 Å². The third-order valence-corrected chi connectivity index (χ3v) is 3.17. The van der Waals surface area contributed by atoms with Crippen LogP contribution in [0.15, 0.2) is 23.1 Å². The van der Waals surface area contributed by atoms with Crippen LogP contribution < -0.4 is 9.88 Å². The van der Waals surface area contributed by atoms with Crippen molar-refractivity contribution in [3.8, 4) is 5.75 Å². The minimum Gasteiger partial charge on any atom is -0.489 e. The molecule has 4 nitrogen and oxygen atoms in total. The zero-order chi connectivity index (χ0) is 13.1. The molecule has 0 fully saturated rings. The van der Waals surface area contributed by atoms with Crippen LogP contribution in [0.5, 0.6) is 5.75 Å². The van der Waals surface area contributed by atoms with Crippen LogP contribution in [-0.2, 0) is 10.0 Å². The minimum atomic E-state index is -3.98. The van der Waals surface area contributed by atoms with Crippen molar-refractivity contribution in [1.82, 2.24) is 0 Å². The summed E-state index contributed by atoms with van der Waals surface area (Å²) in [6, 6.07) is 3.28. The Bertz CT molecular complexity index is 487. The molecule has 0 heterocycles. The van der Waals surface area contributed by atoms with Crippen molar-refractivity contribution < 1.29 is 17.5 Å². The van der Waals surface area contributed by atoms with Crippen LogP contribution in [0.25, 0.3) is 0 Å². The second kappa shape index (κ2) is 5.46. The van der Waals surface area contributed by atoms with E-state index in [0.717, 1.165) is 25.0 Å². The summed E-state index contributed by atoms with van der Waals surface area (Å²) >= 11 is 0. The molecule has 17 heavy (non-hydrogen) atoms. The van der Waals surface area contributed by atoms with E-state index >= 15 is 0 Å². The van der Waals surface area contributed by atoms with Gasteiger partial charge in [0.25, 0.3) is 0 Å². The quantitative estimate of drug-likeness (QED) is 0.881. The highest BCUT2D eigenvalue weighted by atomic mass is 32.2. The predicted octanol–water partition coefficient (Wildman–Crippen LogP) is 2.04. The molecule has 0 bridgehead atoms. The summed E-state index contributed by atoms with van der Waals surface area (Å²) in [7, 11) is -3.98. The van der Waals surface area contributed by atoms with Crippen molar-refractivity contribution >= 4 is 10.0 Å². The summed E-state index contributed by atoms with van der Waals surface area (Å²) in [6.45, 7) is 3.81. The second-order valence-electron chi connectivity index (χ2n) is 3.85. The van der Waals surface area contributed by atoms with Gasteiger partial charge >= 0.3 is 0 Å². The molecule has 1 unspecified atom stereocenters. The first-order valence-corrected chi connectivity index (χ1v) is 6.88. The molecule has 1 aromatic carbocycles. The SMILES string of the molecule is CCCC(C)Oc1ccc(F)cc1S(N)(=O)=O.